The number of carbonyl (C=O) groups is 1. The van der Waals surface area contributed by atoms with Crippen LogP contribution < -0.4 is 0 Å². The predicted octanol–water partition coefficient (Wildman–Crippen LogP) is 2.99. The molecule has 2 heterocycles. The van der Waals surface area contributed by atoms with Crippen LogP contribution in [0.1, 0.15) is 16.1 Å². The van der Waals surface area contributed by atoms with Gasteiger partial charge in [-0.25, -0.2) is 9.78 Å². The SMILES string of the molecule is Cc1n[nH]c2nc(-c3ccc(O)cc3Cl)cc(C(=O)O)c12. The standard InChI is InChI=1S/C14H10ClN3O3/c1-6-12-9(14(20)21)5-11(16-13(12)18-17-6)8-3-2-7(19)4-10(8)15/h2-5,19H,1H3,(H,20,21)(H,16,17,18). The number of carboxylic acid groups (broad SMARTS) is 1. The van der Waals surface area contributed by atoms with Crippen molar-refractivity contribution in [3.63, 3.8) is 0 Å². The van der Waals surface area contributed by atoms with Gasteiger partial charge in [-0.2, -0.15) is 5.10 Å². The van der Waals surface area contributed by atoms with Crippen LogP contribution in [0.2, 0.25) is 5.02 Å². The zero-order valence-electron chi connectivity index (χ0n) is 10.9. The minimum Gasteiger partial charge on any atom is -0.508 e. The van der Waals surface area contributed by atoms with Crippen molar-refractivity contribution in [3.8, 4) is 17.0 Å². The summed E-state index contributed by atoms with van der Waals surface area (Å²) in [6.07, 6.45) is 0. The molecule has 0 saturated carbocycles. The quantitative estimate of drug-likeness (QED) is 0.676. The minimum absolute atomic E-state index is 0.0284. The van der Waals surface area contributed by atoms with Crippen LogP contribution >= 0.6 is 11.6 Å². The molecule has 3 N–H and O–H groups in total. The molecule has 21 heavy (non-hydrogen) atoms. The third-order valence-corrected chi connectivity index (χ3v) is 3.48. The number of aryl methyl sites for hydroxylation is 1. The molecule has 0 aliphatic rings. The normalized spacial score (nSPS) is 11.0. The lowest BCUT2D eigenvalue weighted by molar-refractivity contribution is 0.0699. The van der Waals surface area contributed by atoms with Gasteiger partial charge in [0, 0.05) is 5.56 Å². The summed E-state index contributed by atoms with van der Waals surface area (Å²) in [6.45, 7) is 1.71. The lowest BCUT2D eigenvalue weighted by atomic mass is 10.1. The number of hydrogen-bond donors (Lipinski definition) is 3. The van der Waals surface area contributed by atoms with Crippen molar-refractivity contribution in [1.82, 2.24) is 15.2 Å². The Hall–Kier alpha value is -2.60. The summed E-state index contributed by atoms with van der Waals surface area (Å²) in [7, 11) is 0. The molecule has 3 rings (SSSR count). The van der Waals surface area contributed by atoms with Crippen molar-refractivity contribution < 1.29 is 15.0 Å². The molecule has 2 aromatic heterocycles. The molecule has 0 unspecified atom stereocenters. The van der Waals surface area contributed by atoms with E-state index in [1.807, 2.05) is 0 Å². The number of phenols is 1. The molecule has 6 nitrogen and oxygen atoms in total. The Morgan fingerprint density at radius 2 is 2.10 bits per heavy atom. The maximum Gasteiger partial charge on any atom is 0.336 e. The smallest absolute Gasteiger partial charge is 0.336 e. The third kappa shape index (κ3) is 2.19. The highest BCUT2D eigenvalue weighted by Gasteiger charge is 2.18. The van der Waals surface area contributed by atoms with E-state index in [0.29, 0.717) is 28.0 Å². The summed E-state index contributed by atoms with van der Waals surface area (Å²) < 4.78 is 0. The number of nitrogens with zero attached hydrogens (tertiary/aromatic N) is 2. The highest BCUT2D eigenvalue weighted by molar-refractivity contribution is 6.33. The van der Waals surface area contributed by atoms with Gasteiger partial charge in [0.15, 0.2) is 5.65 Å². The van der Waals surface area contributed by atoms with Crippen LogP contribution in [-0.4, -0.2) is 31.4 Å². The number of fused-ring (bicyclic) bond motifs is 1. The molecular weight excluding hydrogens is 294 g/mol. The number of hydrogen-bond acceptors (Lipinski definition) is 4. The van der Waals surface area contributed by atoms with E-state index >= 15 is 0 Å². The number of aromatic hydroxyl groups is 1. The Morgan fingerprint density at radius 1 is 1.33 bits per heavy atom. The van der Waals surface area contributed by atoms with Gasteiger partial charge in [0.1, 0.15) is 5.75 Å². The number of rotatable bonds is 2. The van der Waals surface area contributed by atoms with Crippen molar-refractivity contribution in [2.24, 2.45) is 0 Å². The van der Waals surface area contributed by atoms with Crippen LogP contribution in [0.15, 0.2) is 24.3 Å². The summed E-state index contributed by atoms with van der Waals surface area (Å²) in [4.78, 5) is 15.8. The second-order valence-electron chi connectivity index (χ2n) is 4.56. The second-order valence-corrected chi connectivity index (χ2v) is 4.96. The number of H-pyrrole nitrogens is 1. The molecule has 0 fully saturated rings. The summed E-state index contributed by atoms with van der Waals surface area (Å²) in [6, 6.07) is 5.87. The highest BCUT2D eigenvalue weighted by atomic mass is 35.5. The summed E-state index contributed by atoms with van der Waals surface area (Å²) >= 11 is 6.08. The van der Waals surface area contributed by atoms with Crippen LogP contribution in [0.4, 0.5) is 0 Å². The first-order valence-electron chi connectivity index (χ1n) is 6.05. The maximum absolute atomic E-state index is 11.4. The van der Waals surface area contributed by atoms with Crippen molar-refractivity contribution in [1.29, 1.82) is 0 Å². The number of pyridine rings is 1. The fourth-order valence-corrected chi connectivity index (χ4v) is 2.47. The van der Waals surface area contributed by atoms with Gasteiger partial charge in [-0.3, -0.25) is 5.10 Å². The second kappa shape index (κ2) is 4.75. The van der Waals surface area contributed by atoms with E-state index in [-0.39, 0.29) is 16.3 Å². The number of aromatic nitrogens is 3. The number of aromatic amines is 1. The van der Waals surface area contributed by atoms with Gasteiger partial charge in [0.05, 0.1) is 27.4 Å². The maximum atomic E-state index is 11.4. The molecular formula is C14H10ClN3O3. The third-order valence-electron chi connectivity index (χ3n) is 3.17. The molecule has 106 valence electrons. The topological polar surface area (TPSA) is 99.1 Å². The van der Waals surface area contributed by atoms with Gasteiger partial charge in [-0.1, -0.05) is 11.6 Å². The number of carboxylic acids is 1. The van der Waals surface area contributed by atoms with E-state index in [9.17, 15) is 15.0 Å². The van der Waals surface area contributed by atoms with Gasteiger partial charge in [0.25, 0.3) is 0 Å². The van der Waals surface area contributed by atoms with Crippen molar-refractivity contribution in [2.45, 2.75) is 6.92 Å². The molecule has 0 aliphatic heterocycles. The molecule has 7 heteroatoms. The van der Waals surface area contributed by atoms with Crippen LogP contribution in [0.25, 0.3) is 22.3 Å². The van der Waals surface area contributed by atoms with Crippen LogP contribution in [0.5, 0.6) is 5.75 Å². The van der Waals surface area contributed by atoms with Gasteiger partial charge < -0.3 is 10.2 Å². The molecule has 0 saturated heterocycles. The first-order valence-corrected chi connectivity index (χ1v) is 6.43. The highest BCUT2D eigenvalue weighted by Crippen LogP contribution is 2.32. The molecule has 1 aromatic carbocycles. The number of phenolic OH excluding ortho intramolecular Hbond substituents is 1. The summed E-state index contributed by atoms with van der Waals surface area (Å²) in [5, 5.41) is 26.2. The van der Waals surface area contributed by atoms with Gasteiger partial charge in [-0.05, 0) is 31.2 Å². The first kappa shape index (κ1) is 13.4. The van der Waals surface area contributed by atoms with Crippen LogP contribution in [0, 0.1) is 6.92 Å². The van der Waals surface area contributed by atoms with Gasteiger partial charge in [0.2, 0.25) is 0 Å². The van der Waals surface area contributed by atoms with E-state index in [1.54, 1.807) is 13.0 Å². The number of benzene rings is 1. The molecule has 0 amide bonds. The first-order chi connectivity index (χ1) is 9.97. The Morgan fingerprint density at radius 3 is 2.76 bits per heavy atom. The Labute approximate surface area is 124 Å². The van der Waals surface area contributed by atoms with Crippen molar-refractivity contribution in [3.05, 3.63) is 40.5 Å². The lowest BCUT2D eigenvalue weighted by Crippen LogP contribution is -2.00. The fourth-order valence-electron chi connectivity index (χ4n) is 2.20. The average molecular weight is 304 g/mol. The van der Waals surface area contributed by atoms with Crippen LogP contribution in [-0.2, 0) is 0 Å². The summed E-state index contributed by atoms with van der Waals surface area (Å²) in [5.41, 5.74) is 1.98. The van der Waals surface area contributed by atoms with Gasteiger partial charge in [-0.15, -0.1) is 0 Å². The van der Waals surface area contributed by atoms with E-state index in [4.69, 9.17) is 11.6 Å². The zero-order valence-corrected chi connectivity index (χ0v) is 11.6. The molecule has 0 spiro atoms. The number of halogens is 1. The molecule has 0 bridgehead atoms. The number of nitrogens with one attached hydrogen (secondary N) is 1. The van der Waals surface area contributed by atoms with E-state index in [1.165, 1.54) is 18.2 Å². The van der Waals surface area contributed by atoms with E-state index in [0.717, 1.165) is 0 Å². The zero-order chi connectivity index (χ0) is 15.1. The Bertz CT molecular complexity index is 873. The van der Waals surface area contributed by atoms with E-state index < -0.39 is 5.97 Å². The van der Waals surface area contributed by atoms with E-state index in [2.05, 4.69) is 15.2 Å². The molecule has 3 aromatic rings. The van der Waals surface area contributed by atoms with Crippen molar-refractivity contribution in [2.75, 3.05) is 0 Å². The number of aromatic carboxylic acids is 1. The Balaban J connectivity index is 2.31. The van der Waals surface area contributed by atoms with Gasteiger partial charge >= 0.3 is 5.97 Å². The predicted molar refractivity (Wildman–Crippen MR) is 77.7 cm³/mol. The molecule has 0 radical (unpaired) electrons. The monoisotopic (exact) mass is 303 g/mol. The average Bonchev–Trinajstić information content (AvgIpc) is 2.79. The Kier molecular flexibility index (Phi) is 3.03. The van der Waals surface area contributed by atoms with Crippen molar-refractivity contribution >= 4 is 28.6 Å². The van der Waals surface area contributed by atoms with Crippen LogP contribution in [0.3, 0.4) is 0 Å². The summed E-state index contributed by atoms with van der Waals surface area (Å²) in [5.74, 6) is -1.04. The minimum atomic E-state index is -1.07. The lowest BCUT2D eigenvalue weighted by Gasteiger charge is -2.06. The largest absolute Gasteiger partial charge is 0.508 e. The molecule has 0 atom stereocenters. The molecule has 0 aliphatic carbocycles. The fraction of sp³-hybridized carbons (Fsp3) is 0.0714.